The van der Waals surface area contributed by atoms with Gasteiger partial charge in [-0.25, -0.2) is 4.79 Å². The van der Waals surface area contributed by atoms with Crippen molar-refractivity contribution in [2.45, 2.75) is 33.6 Å². The SMILES string of the molecule is COc1ccc(-n2c(C)cc(C(=O)COC(=O)c3ccc(N4CCC[C@H](C)C4)c([N+](=O)[O-])c3)c2C)cc1. The molecule has 0 aliphatic carbocycles. The van der Waals surface area contributed by atoms with E-state index in [1.165, 1.54) is 12.1 Å². The van der Waals surface area contributed by atoms with Gasteiger partial charge in [-0.05, 0) is 75.1 Å². The fourth-order valence-corrected chi connectivity index (χ4v) is 4.94. The number of carbonyl (C=O) groups is 2. The maximum Gasteiger partial charge on any atom is 0.338 e. The maximum atomic E-state index is 12.9. The zero-order valence-corrected chi connectivity index (χ0v) is 21.5. The third-order valence-corrected chi connectivity index (χ3v) is 6.80. The van der Waals surface area contributed by atoms with Gasteiger partial charge < -0.3 is 18.9 Å². The summed E-state index contributed by atoms with van der Waals surface area (Å²) in [4.78, 5) is 38.9. The van der Waals surface area contributed by atoms with E-state index in [2.05, 4.69) is 6.92 Å². The second kappa shape index (κ2) is 10.9. The number of methoxy groups -OCH3 is 1. The molecule has 37 heavy (non-hydrogen) atoms. The van der Waals surface area contributed by atoms with E-state index in [4.69, 9.17) is 9.47 Å². The van der Waals surface area contributed by atoms with Gasteiger partial charge in [-0.3, -0.25) is 14.9 Å². The highest BCUT2D eigenvalue weighted by Gasteiger charge is 2.26. The van der Waals surface area contributed by atoms with E-state index in [9.17, 15) is 19.7 Å². The summed E-state index contributed by atoms with van der Waals surface area (Å²) in [5.74, 6) is 0.0393. The van der Waals surface area contributed by atoms with E-state index in [-0.39, 0.29) is 17.0 Å². The molecule has 4 rings (SSSR count). The molecule has 0 spiro atoms. The van der Waals surface area contributed by atoms with Gasteiger partial charge in [0.15, 0.2) is 6.61 Å². The Kier molecular flexibility index (Phi) is 7.61. The van der Waals surface area contributed by atoms with Crippen LogP contribution in [0.3, 0.4) is 0 Å². The first-order valence-corrected chi connectivity index (χ1v) is 12.3. The Balaban J connectivity index is 1.48. The third kappa shape index (κ3) is 5.50. The average molecular weight is 506 g/mol. The number of carbonyl (C=O) groups excluding carboxylic acids is 2. The molecule has 0 amide bonds. The molecule has 1 atom stereocenters. The smallest absolute Gasteiger partial charge is 0.338 e. The van der Waals surface area contributed by atoms with E-state index in [1.807, 2.05) is 47.6 Å². The molecule has 1 saturated heterocycles. The van der Waals surface area contributed by atoms with Crippen molar-refractivity contribution < 1.29 is 24.0 Å². The Labute approximate surface area is 215 Å². The van der Waals surface area contributed by atoms with Gasteiger partial charge in [0.25, 0.3) is 5.69 Å². The summed E-state index contributed by atoms with van der Waals surface area (Å²) in [5, 5.41) is 11.8. The molecular weight excluding hydrogens is 474 g/mol. The first-order chi connectivity index (χ1) is 17.7. The van der Waals surface area contributed by atoms with Gasteiger partial charge in [-0.2, -0.15) is 0 Å². The lowest BCUT2D eigenvalue weighted by Crippen LogP contribution is -2.34. The van der Waals surface area contributed by atoms with Crippen LogP contribution in [0, 0.1) is 29.9 Å². The number of aromatic nitrogens is 1. The number of Topliss-reactive ketones (excluding diaryl/α,β-unsaturated/α-hetero) is 1. The second-order valence-corrected chi connectivity index (χ2v) is 9.47. The molecule has 1 fully saturated rings. The number of esters is 1. The number of hydrogen-bond donors (Lipinski definition) is 0. The van der Waals surface area contributed by atoms with Crippen LogP contribution in [-0.4, -0.2) is 48.0 Å². The molecule has 0 radical (unpaired) electrons. The molecule has 3 aromatic rings. The molecule has 0 N–H and O–H groups in total. The van der Waals surface area contributed by atoms with Crippen LogP contribution in [0.4, 0.5) is 11.4 Å². The normalized spacial score (nSPS) is 15.4. The third-order valence-electron chi connectivity index (χ3n) is 6.80. The van der Waals surface area contributed by atoms with Crippen LogP contribution in [-0.2, 0) is 4.74 Å². The fraction of sp³-hybridized carbons (Fsp3) is 0.357. The number of nitro groups is 1. The van der Waals surface area contributed by atoms with Crippen molar-refractivity contribution in [3.8, 4) is 11.4 Å². The van der Waals surface area contributed by atoms with Crippen LogP contribution in [0.15, 0.2) is 48.5 Å². The first-order valence-electron chi connectivity index (χ1n) is 12.3. The summed E-state index contributed by atoms with van der Waals surface area (Å²) >= 11 is 0. The molecule has 0 bridgehead atoms. The van der Waals surface area contributed by atoms with Gasteiger partial charge in [0.2, 0.25) is 5.78 Å². The van der Waals surface area contributed by atoms with E-state index in [0.717, 1.165) is 48.8 Å². The molecule has 1 aromatic heterocycles. The van der Waals surface area contributed by atoms with Crippen molar-refractivity contribution in [3.05, 3.63) is 81.2 Å². The number of ketones is 1. The van der Waals surface area contributed by atoms with Gasteiger partial charge in [0, 0.05) is 41.8 Å². The molecule has 0 saturated carbocycles. The summed E-state index contributed by atoms with van der Waals surface area (Å²) in [6.45, 7) is 6.84. The molecular formula is C28H31N3O6. The number of aryl methyl sites for hydroxylation is 1. The van der Waals surface area contributed by atoms with Gasteiger partial charge >= 0.3 is 5.97 Å². The molecule has 1 aliphatic rings. The maximum absolute atomic E-state index is 12.9. The molecule has 1 aliphatic heterocycles. The lowest BCUT2D eigenvalue weighted by Gasteiger charge is -2.32. The van der Waals surface area contributed by atoms with Crippen LogP contribution in [0.25, 0.3) is 5.69 Å². The number of benzene rings is 2. The van der Waals surface area contributed by atoms with E-state index >= 15 is 0 Å². The van der Waals surface area contributed by atoms with Gasteiger partial charge in [-0.1, -0.05) is 6.92 Å². The number of hydrogen-bond acceptors (Lipinski definition) is 7. The number of nitrogens with zero attached hydrogens (tertiary/aromatic N) is 3. The van der Waals surface area contributed by atoms with Gasteiger partial charge in [-0.15, -0.1) is 0 Å². The average Bonchev–Trinajstić information content (AvgIpc) is 3.20. The fourth-order valence-electron chi connectivity index (χ4n) is 4.94. The zero-order valence-electron chi connectivity index (χ0n) is 21.5. The molecule has 9 heteroatoms. The lowest BCUT2D eigenvalue weighted by molar-refractivity contribution is -0.384. The van der Waals surface area contributed by atoms with E-state index in [0.29, 0.717) is 17.2 Å². The van der Waals surface area contributed by atoms with Crippen LogP contribution < -0.4 is 9.64 Å². The molecule has 194 valence electrons. The standard InChI is InChI=1S/C28H31N3O6/c1-18-6-5-13-29(16-18)25-12-7-21(15-26(25)31(34)35)28(33)37-17-27(32)24-14-19(2)30(20(24)3)22-8-10-23(36-4)11-9-22/h7-12,14-15,18H,5-6,13,16-17H2,1-4H3/t18-/m0/s1. The molecule has 9 nitrogen and oxygen atoms in total. The highest BCUT2D eigenvalue weighted by molar-refractivity contribution is 6.00. The van der Waals surface area contributed by atoms with Gasteiger partial charge in [0.1, 0.15) is 11.4 Å². The summed E-state index contributed by atoms with van der Waals surface area (Å²) in [5.41, 5.74) is 3.30. The minimum Gasteiger partial charge on any atom is -0.497 e. The summed E-state index contributed by atoms with van der Waals surface area (Å²) < 4.78 is 12.4. The first kappa shape index (κ1) is 25.9. The Hall–Kier alpha value is -4.14. The number of nitro benzene ring substituents is 1. The summed E-state index contributed by atoms with van der Waals surface area (Å²) in [6.07, 6.45) is 2.05. The predicted octanol–water partition coefficient (Wildman–Crippen LogP) is 5.29. The van der Waals surface area contributed by atoms with Crippen LogP contribution in [0.5, 0.6) is 5.75 Å². The monoisotopic (exact) mass is 505 g/mol. The van der Waals surface area contributed by atoms with Crippen molar-refractivity contribution in [1.82, 2.24) is 4.57 Å². The topological polar surface area (TPSA) is 104 Å². The Morgan fingerprint density at radius 3 is 2.49 bits per heavy atom. The predicted molar refractivity (Wildman–Crippen MR) is 140 cm³/mol. The molecule has 2 aromatic carbocycles. The molecule has 2 heterocycles. The number of rotatable bonds is 8. The van der Waals surface area contributed by atoms with Crippen molar-refractivity contribution in [2.75, 3.05) is 31.7 Å². The summed E-state index contributed by atoms with van der Waals surface area (Å²) in [7, 11) is 1.60. The number of ether oxygens (including phenoxy) is 2. The van der Waals surface area contributed by atoms with E-state index in [1.54, 1.807) is 19.2 Å². The summed E-state index contributed by atoms with van der Waals surface area (Å²) in [6, 6.07) is 13.6. The minimum absolute atomic E-state index is 0.0389. The van der Waals surface area contributed by atoms with Crippen molar-refractivity contribution in [2.24, 2.45) is 5.92 Å². The highest BCUT2D eigenvalue weighted by atomic mass is 16.6. The largest absolute Gasteiger partial charge is 0.497 e. The number of piperidine rings is 1. The van der Waals surface area contributed by atoms with Crippen molar-refractivity contribution >= 4 is 23.1 Å². The Bertz CT molecular complexity index is 1330. The lowest BCUT2D eigenvalue weighted by atomic mass is 9.99. The van der Waals surface area contributed by atoms with Crippen molar-refractivity contribution in [1.29, 1.82) is 0 Å². The highest BCUT2D eigenvalue weighted by Crippen LogP contribution is 2.32. The van der Waals surface area contributed by atoms with Crippen molar-refractivity contribution in [3.63, 3.8) is 0 Å². The Morgan fingerprint density at radius 1 is 1.11 bits per heavy atom. The quantitative estimate of drug-likeness (QED) is 0.177. The second-order valence-electron chi connectivity index (χ2n) is 9.47. The minimum atomic E-state index is -0.779. The Morgan fingerprint density at radius 2 is 1.84 bits per heavy atom. The van der Waals surface area contributed by atoms with Crippen LogP contribution in [0.1, 0.15) is 51.9 Å². The van der Waals surface area contributed by atoms with Crippen LogP contribution in [0.2, 0.25) is 0 Å². The number of anilines is 1. The molecule has 0 unspecified atom stereocenters. The van der Waals surface area contributed by atoms with Gasteiger partial charge in [0.05, 0.1) is 17.6 Å². The van der Waals surface area contributed by atoms with Crippen LogP contribution >= 0.6 is 0 Å². The van der Waals surface area contributed by atoms with E-state index < -0.39 is 17.5 Å². The zero-order chi connectivity index (χ0) is 26.7.